The molecule has 0 saturated heterocycles. The fourth-order valence-corrected chi connectivity index (χ4v) is 6.89. The Balaban J connectivity index is 1.83. The maximum absolute atomic E-state index is 14.6. The fourth-order valence-electron chi connectivity index (χ4n) is 5.10. The molecule has 0 fully saturated rings. The minimum atomic E-state index is -4.18. The van der Waals surface area contributed by atoms with Crippen LogP contribution in [-0.2, 0) is 39.0 Å². The topological polar surface area (TPSA) is 86.8 Å². The summed E-state index contributed by atoms with van der Waals surface area (Å²) in [5.74, 6) is -0.702. The van der Waals surface area contributed by atoms with Gasteiger partial charge in [-0.1, -0.05) is 117 Å². The number of anilines is 1. The molecule has 7 nitrogen and oxygen atoms in total. The highest BCUT2D eigenvalue weighted by Crippen LogP contribution is 2.29. The maximum Gasteiger partial charge on any atom is 0.264 e. The van der Waals surface area contributed by atoms with Crippen molar-refractivity contribution in [3.05, 3.63) is 130 Å². The lowest BCUT2D eigenvalue weighted by Gasteiger charge is -2.34. The molecule has 46 heavy (non-hydrogen) atoms. The molecule has 0 aromatic heterocycles. The van der Waals surface area contributed by atoms with E-state index in [1.807, 2.05) is 63.2 Å². The Kier molecular flexibility index (Phi) is 12.3. The van der Waals surface area contributed by atoms with Gasteiger partial charge in [-0.25, -0.2) is 8.42 Å². The Hall–Kier alpha value is -3.85. The Morgan fingerprint density at radius 1 is 0.804 bits per heavy atom. The SMILES string of the molecule is CCc1ccccc1N(CC(=O)N(Cc1ccc(Cl)c(Cl)c1)[C@@H](Cc1ccccc1)C(=O)NCC(C)C)S(=O)(=O)c1ccccc1. The van der Waals surface area contributed by atoms with Crippen LogP contribution < -0.4 is 9.62 Å². The first kappa shape index (κ1) is 35.0. The van der Waals surface area contributed by atoms with Gasteiger partial charge in [0.25, 0.3) is 10.0 Å². The number of rotatable bonds is 14. The van der Waals surface area contributed by atoms with Crippen LogP contribution in [0, 0.1) is 5.92 Å². The Morgan fingerprint density at radius 3 is 2.07 bits per heavy atom. The van der Waals surface area contributed by atoms with Crippen molar-refractivity contribution in [3.8, 4) is 0 Å². The number of hydrogen-bond acceptors (Lipinski definition) is 4. The van der Waals surface area contributed by atoms with Crippen LogP contribution in [0.5, 0.6) is 0 Å². The third-order valence-corrected chi connectivity index (χ3v) is 10.1. The highest BCUT2D eigenvalue weighted by atomic mass is 35.5. The van der Waals surface area contributed by atoms with Crippen LogP contribution in [0.4, 0.5) is 5.69 Å². The van der Waals surface area contributed by atoms with Gasteiger partial charge in [0, 0.05) is 19.5 Å². The van der Waals surface area contributed by atoms with Crippen molar-refractivity contribution in [2.75, 3.05) is 17.4 Å². The third-order valence-electron chi connectivity index (χ3n) is 7.54. The normalized spacial score (nSPS) is 12.0. The molecule has 4 aromatic rings. The summed E-state index contributed by atoms with van der Waals surface area (Å²) < 4.78 is 29.6. The highest BCUT2D eigenvalue weighted by molar-refractivity contribution is 7.92. The molecular weight excluding hydrogens is 641 g/mol. The van der Waals surface area contributed by atoms with Gasteiger partial charge in [-0.15, -0.1) is 0 Å². The largest absolute Gasteiger partial charge is 0.354 e. The molecule has 1 atom stereocenters. The monoisotopic (exact) mass is 679 g/mol. The first-order chi connectivity index (χ1) is 22.0. The summed E-state index contributed by atoms with van der Waals surface area (Å²) in [6.45, 7) is 5.79. The van der Waals surface area contributed by atoms with E-state index in [4.69, 9.17) is 23.2 Å². The number of hydrogen-bond donors (Lipinski definition) is 1. The van der Waals surface area contributed by atoms with Crippen molar-refractivity contribution >= 4 is 50.7 Å². The molecule has 0 aliphatic carbocycles. The molecule has 4 aromatic carbocycles. The number of aryl methyl sites for hydroxylation is 1. The minimum absolute atomic E-state index is 0.00301. The molecule has 1 N–H and O–H groups in total. The van der Waals surface area contributed by atoms with Gasteiger partial charge >= 0.3 is 0 Å². The zero-order valence-electron chi connectivity index (χ0n) is 26.2. The van der Waals surface area contributed by atoms with Gasteiger partial charge in [0.05, 0.1) is 20.6 Å². The summed E-state index contributed by atoms with van der Waals surface area (Å²) in [7, 11) is -4.18. The van der Waals surface area contributed by atoms with Gasteiger partial charge in [0.2, 0.25) is 11.8 Å². The van der Waals surface area contributed by atoms with E-state index in [-0.39, 0.29) is 29.7 Å². The second-order valence-electron chi connectivity index (χ2n) is 11.4. The number of para-hydroxylation sites is 1. The summed E-state index contributed by atoms with van der Waals surface area (Å²) in [6.07, 6.45) is 0.765. The lowest BCUT2D eigenvalue weighted by atomic mass is 10.0. The van der Waals surface area contributed by atoms with Crippen molar-refractivity contribution < 1.29 is 18.0 Å². The average Bonchev–Trinajstić information content (AvgIpc) is 3.06. The standard InChI is InChI=1S/C36H39Cl2N3O4S/c1-4-29-15-11-12-18-33(29)41(46(44,45)30-16-9-6-10-17-30)25-35(42)40(24-28-19-20-31(37)32(38)21-28)34(36(43)39-23-26(2)3)22-27-13-7-5-8-14-27/h5-21,26,34H,4,22-25H2,1-3H3,(H,39,43)/t34-/m0/s1. The zero-order chi connectivity index (χ0) is 33.3. The van der Waals surface area contributed by atoms with Crippen LogP contribution in [0.1, 0.15) is 37.5 Å². The van der Waals surface area contributed by atoms with Crippen molar-refractivity contribution in [3.63, 3.8) is 0 Å². The molecule has 0 aliphatic heterocycles. The van der Waals surface area contributed by atoms with Crippen LogP contribution >= 0.6 is 23.2 Å². The smallest absolute Gasteiger partial charge is 0.264 e. The molecule has 0 unspecified atom stereocenters. The maximum atomic E-state index is 14.6. The Bertz CT molecular complexity index is 1730. The van der Waals surface area contributed by atoms with Crippen LogP contribution in [0.15, 0.2) is 108 Å². The molecule has 2 amide bonds. The van der Waals surface area contributed by atoms with E-state index in [1.165, 1.54) is 17.0 Å². The van der Waals surface area contributed by atoms with Gasteiger partial charge in [0.15, 0.2) is 0 Å². The molecule has 10 heteroatoms. The second kappa shape index (κ2) is 16.1. The number of sulfonamides is 1. The van der Waals surface area contributed by atoms with E-state index in [0.29, 0.717) is 34.3 Å². The number of carbonyl (C=O) groups is 2. The van der Waals surface area contributed by atoms with E-state index >= 15 is 0 Å². The van der Waals surface area contributed by atoms with Crippen LogP contribution in [0.2, 0.25) is 10.0 Å². The van der Waals surface area contributed by atoms with Gasteiger partial charge in [-0.05, 0) is 59.4 Å². The van der Waals surface area contributed by atoms with Gasteiger partial charge in [0.1, 0.15) is 12.6 Å². The predicted octanol–water partition coefficient (Wildman–Crippen LogP) is 7.16. The van der Waals surface area contributed by atoms with Crippen LogP contribution in [-0.4, -0.2) is 44.3 Å². The average molecular weight is 681 g/mol. The number of amides is 2. The van der Waals surface area contributed by atoms with E-state index in [2.05, 4.69) is 5.32 Å². The first-order valence-electron chi connectivity index (χ1n) is 15.2. The quantitative estimate of drug-likeness (QED) is 0.153. The molecule has 0 aliphatic rings. The van der Waals surface area contributed by atoms with Crippen molar-refractivity contribution in [2.45, 2.75) is 51.1 Å². The Morgan fingerprint density at radius 2 is 1.43 bits per heavy atom. The van der Waals surface area contributed by atoms with E-state index in [0.717, 1.165) is 15.4 Å². The lowest BCUT2D eigenvalue weighted by Crippen LogP contribution is -2.53. The number of nitrogens with zero attached hydrogens (tertiary/aromatic N) is 2. The summed E-state index contributed by atoms with van der Waals surface area (Å²) >= 11 is 12.6. The van der Waals surface area contributed by atoms with E-state index < -0.39 is 28.5 Å². The molecule has 0 bridgehead atoms. The van der Waals surface area contributed by atoms with Gasteiger partial charge < -0.3 is 10.2 Å². The molecule has 242 valence electrons. The summed E-state index contributed by atoms with van der Waals surface area (Å²) in [5.41, 5.74) is 2.66. The van der Waals surface area contributed by atoms with Crippen LogP contribution in [0.3, 0.4) is 0 Å². The van der Waals surface area contributed by atoms with Crippen molar-refractivity contribution in [1.82, 2.24) is 10.2 Å². The molecule has 4 rings (SSSR count). The van der Waals surface area contributed by atoms with Crippen molar-refractivity contribution in [2.24, 2.45) is 5.92 Å². The molecule has 0 heterocycles. The zero-order valence-corrected chi connectivity index (χ0v) is 28.5. The molecule has 0 saturated carbocycles. The van der Waals surface area contributed by atoms with Crippen molar-refractivity contribution in [1.29, 1.82) is 0 Å². The summed E-state index contributed by atoms with van der Waals surface area (Å²) in [4.78, 5) is 30.0. The van der Waals surface area contributed by atoms with Crippen LogP contribution in [0.25, 0.3) is 0 Å². The first-order valence-corrected chi connectivity index (χ1v) is 17.4. The highest BCUT2D eigenvalue weighted by Gasteiger charge is 2.35. The number of halogens is 2. The number of nitrogens with one attached hydrogen (secondary N) is 1. The molecule has 0 spiro atoms. The third kappa shape index (κ3) is 8.90. The molecular formula is C36H39Cl2N3O4S. The van der Waals surface area contributed by atoms with E-state index in [1.54, 1.807) is 48.5 Å². The lowest BCUT2D eigenvalue weighted by molar-refractivity contribution is -0.140. The predicted molar refractivity (Wildman–Crippen MR) is 186 cm³/mol. The number of carbonyl (C=O) groups excluding carboxylic acids is 2. The van der Waals surface area contributed by atoms with Gasteiger partial charge in [-0.2, -0.15) is 0 Å². The Labute approximate surface area is 282 Å². The summed E-state index contributed by atoms with van der Waals surface area (Å²) in [5, 5.41) is 3.65. The van der Waals surface area contributed by atoms with Gasteiger partial charge in [-0.3, -0.25) is 13.9 Å². The number of benzene rings is 4. The fraction of sp³-hybridized carbons (Fsp3) is 0.278. The minimum Gasteiger partial charge on any atom is -0.354 e. The second-order valence-corrected chi connectivity index (χ2v) is 14.1. The molecule has 0 radical (unpaired) electrons. The summed E-state index contributed by atoms with van der Waals surface area (Å²) in [6, 6.07) is 28.7. The van der Waals surface area contributed by atoms with E-state index in [9.17, 15) is 18.0 Å².